The highest BCUT2D eigenvalue weighted by Crippen LogP contribution is 2.40. The Bertz CT molecular complexity index is 623. The molecule has 0 radical (unpaired) electrons. The number of nitrogens with one attached hydrogen (secondary N) is 1. The van der Waals surface area contributed by atoms with Crippen molar-refractivity contribution in [2.75, 3.05) is 0 Å². The second-order valence-corrected chi connectivity index (χ2v) is 7.52. The number of halogens is 1. The van der Waals surface area contributed by atoms with E-state index in [1.807, 2.05) is 0 Å². The largest absolute Gasteiger partial charge is 0.349 e. The molecule has 1 aromatic rings. The third-order valence-corrected chi connectivity index (χ3v) is 5.57. The van der Waals surface area contributed by atoms with Crippen LogP contribution in [-0.2, 0) is 0 Å². The standard InChI is InChI=1S/C16H20BrN3O3/c17-11-4-5-13(14(8-11)20(22)23)16(21)19-15-9-2-1-3-10(15)7-12(18)6-9/h4-5,8-10,12,15H,1-3,6-7,18H2,(H,19,21). The fraction of sp³-hybridized carbons (Fsp3) is 0.562. The summed E-state index contributed by atoms with van der Waals surface area (Å²) < 4.78 is 0.584. The molecular formula is C16H20BrN3O3. The minimum atomic E-state index is -0.517. The van der Waals surface area contributed by atoms with E-state index >= 15 is 0 Å². The van der Waals surface area contributed by atoms with Crippen molar-refractivity contribution in [3.63, 3.8) is 0 Å². The molecule has 2 atom stereocenters. The summed E-state index contributed by atoms with van der Waals surface area (Å²) in [6.07, 6.45) is 5.15. The smallest absolute Gasteiger partial charge is 0.283 e. The van der Waals surface area contributed by atoms with Crippen molar-refractivity contribution in [1.82, 2.24) is 5.32 Å². The molecule has 124 valence electrons. The summed E-state index contributed by atoms with van der Waals surface area (Å²) in [5, 5.41) is 14.3. The molecule has 0 saturated heterocycles. The number of hydrogen-bond acceptors (Lipinski definition) is 4. The topological polar surface area (TPSA) is 98.3 Å². The maximum atomic E-state index is 12.6. The van der Waals surface area contributed by atoms with Gasteiger partial charge in [0.05, 0.1) is 4.92 Å². The van der Waals surface area contributed by atoms with Gasteiger partial charge < -0.3 is 11.1 Å². The summed E-state index contributed by atoms with van der Waals surface area (Å²) in [6, 6.07) is 4.81. The first-order valence-corrected chi connectivity index (χ1v) is 8.75. The molecule has 0 spiro atoms. The second kappa shape index (κ2) is 6.57. The van der Waals surface area contributed by atoms with E-state index in [1.54, 1.807) is 6.07 Å². The number of fused-ring (bicyclic) bond motifs is 2. The molecule has 1 aromatic carbocycles. The summed E-state index contributed by atoms with van der Waals surface area (Å²) in [5.74, 6) is 0.411. The second-order valence-electron chi connectivity index (χ2n) is 6.60. The third-order valence-electron chi connectivity index (χ3n) is 5.08. The van der Waals surface area contributed by atoms with Gasteiger partial charge in [-0.2, -0.15) is 0 Å². The van der Waals surface area contributed by atoms with Gasteiger partial charge in [0.1, 0.15) is 5.56 Å². The van der Waals surface area contributed by atoms with Gasteiger partial charge in [-0.05, 0) is 49.7 Å². The summed E-state index contributed by atoms with van der Waals surface area (Å²) >= 11 is 3.21. The summed E-state index contributed by atoms with van der Waals surface area (Å²) in [7, 11) is 0. The van der Waals surface area contributed by atoms with Crippen LogP contribution in [0.4, 0.5) is 5.69 Å². The molecule has 0 heterocycles. The maximum absolute atomic E-state index is 12.6. The fourth-order valence-corrected chi connectivity index (χ4v) is 4.45. The molecule has 2 saturated carbocycles. The lowest BCUT2D eigenvalue weighted by atomic mass is 9.67. The maximum Gasteiger partial charge on any atom is 0.283 e. The Labute approximate surface area is 143 Å². The molecule has 3 N–H and O–H groups in total. The van der Waals surface area contributed by atoms with E-state index < -0.39 is 4.92 Å². The predicted molar refractivity (Wildman–Crippen MR) is 90.1 cm³/mol. The number of carbonyl (C=O) groups is 1. The van der Waals surface area contributed by atoms with Crippen LogP contribution in [0, 0.1) is 22.0 Å². The van der Waals surface area contributed by atoms with Crippen molar-refractivity contribution in [2.45, 2.75) is 44.2 Å². The Balaban J connectivity index is 1.81. The van der Waals surface area contributed by atoms with Gasteiger partial charge in [0.25, 0.3) is 11.6 Å². The number of nitro groups is 1. The normalized spacial score (nSPS) is 29.8. The number of hydrogen-bond donors (Lipinski definition) is 2. The van der Waals surface area contributed by atoms with Crippen LogP contribution in [0.2, 0.25) is 0 Å². The van der Waals surface area contributed by atoms with Crippen LogP contribution in [0.1, 0.15) is 42.5 Å². The van der Waals surface area contributed by atoms with Crippen molar-refractivity contribution < 1.29 is 9.72 Å². The first kappa shape index (κ1) is 16.4. The van der Waals surface area contributed by atoms with Crippen LogP contribution in [0.3, 0.4) is 0 Å². The van der Waals surface area contributed by atoms with Gasteiger partial charge in [-0.1, -0.05) is 22.4 Å². The van der Waals surface area contributed by atoms with E-state index in [9.17, 15) is 14.9 Å². The number of nitrogens with zero attached hydrogens (tertiary/aromatic N) is 1. The predicted octanol–water partition coefficient (Wildman–Crippen LogP) is 2.99. The van der Waals surface area contributed by atoms with E-state index in [4.69, 9.17) is 5.73 Å². The highest BCUT2D eigenvalue weighted by Gasteiger charge is 2.40. The zero-order chi connectivity index (χ0) is 16.6. The van der Waals surface area contributed by atoms with Crippen molar-refractivity contribution in [1.29, 1.82) is 0 Å². The highest BCUT2D eigenvalue weighted by molar-refractivity contribution is 9.10. The summed E-state index contributed by atoms with van der Waals surface area (Å²) in [6.45, 7) is 0. The average molecular weight is 382 g/mol. The Morgan fingerprint density at radius 3 is 2.57 bits per heavy atom. The first-order chi connectivity index (χ1) is 11.0. The van der Waals surface area contributed by atoms with Gasteiger partial charge in [0, 0.05) is 22.6 Å². The molecule has 1 amide bonds. The molecule has 0 aliphatic heterocycles. The Morgan fingerprint density at radius 2 is 1.96 bits per heavy atom. The van der Waals surface area contributed by atoms with Gasteiger partial charge in [0.2, 0.25) is 0 Å². The number of nitrogens with two attached hydrogens (primary N) is 1. The van der Waals surface area contributed by atoms with Gasteiger partial charge >= 0.3 is 0 Å². The van der Waals surface area contributed by atoms with E-state index in [1.165, 1.54) is 18.6 Å². The van der Waals surface area contributed by atoms with Gasteiger partial charge in [-0.15, -0.1) is 0 Å². The molecule has 23 heavy (non-hydrogen) atoms. The molecule has 2 unspecified atom stereocenters. The molecule has 2 aliphatic rings. The molecular weight excluding hydrogens is 362 g/mol. The van der Waals surface area contributed by atoms with E-state index in [2.05, 4.69) is 21.2 Å². The van der Waals surface area contributed by atoms with Crippen molar-refractivity contribution in [2.24, 2.45) is 17.6 Å². The number of amides is 1. The van der Waals surface area contributed by atoms with Crippen LogP contribution in [0.5, 0.6) is 0 Å². The Hall–Kier alpha value is -1.47. The minimum absolute atomic E-state index is 0.0827. The average Bonchev–Trinajstić information content (AvgIpc) is 2.47. The molecule has 2 aliphatic carbocycles. The summed E-state index contributed by atoms with van der Waals surface area (Å²) in [5.41, 5.74) is 6.05. The Morgan fingerprint density at radius 1 is 1.30 bits per heavy atom. The van der Waals surface area contributed by atoms with Crippen LogP contribution >= 0.6 is 15.9 Å². The molecule has 2 fully saturated rings. The first-order valence-electron chi connectivity index (χ1n) is 7.96. The number of rotatable bonds is 3. The molecule has 6 nitrogen and oxygen atoms in total. The molecule has 7 heteroatoms. The van der Waals surface area contributed by atoms with Gasteiger partial charge in [-0.25, -0.2) is 0 Å². The highest BCUT2D eigenvalue weighted by atomic mass is 79.9. The zero-order valence-electron chi connectivity index (χ0n) is 12.7. The minimum Gasteiger partial charge on any atom is -0.349 e. The number of benzene rings is 1. The zero-order valence-corrected chi connectivity index (χ0v) is 14.3. The summed E-state index contributed by atoms with van der Waals surface area (Å²) in [4.78, 5) is 23.3. The van der Waals surface area contributed by atoms with Crippen molar-refractivity contribution >= 4 is 27.5 Å². The SMILES string of the molecule is NC1CC2CCCC(C1)C2NC(=O)c1ccc(Br)cc1[N+](=O)[O-]. The van der Waals surface area contributed by atoms with Gasteiger partial charge in [-0.3, -0.25) is 14.9 Å². The van der Waals surface area contributed by atoms with E-state index in [0.29, 0.717) is 16.3 Å². The van der Waals surface area contributed by atoms with Crippen molar-refractivity contribution in [3.05, 3.63) is 38.3 Å². The lowest BCUT2D eigenvalue weighted by Crippen LogP contribution is -2.53. The van der Waals surface area contributed by atoms with E-state index in [0.717, 1.165) is 25.7 Å². The van der Waals surface area contributed by atoms with E-state index in [-0.39, 0.29) is 29.2 Å². The lowest BCUT2D eigenvalue weighted by Gasteiger charge is -2.45. The quantitative estimate of drug-likeness (QED) is 0.620. The number of nitro benzene ring substituents is 1. The lowest BCUT2D eigenvalue weighted by molar-refractivity contribution is -0.385. The monoisotopic (exact) mass is 381 g/mol. The van der Waals surface area contributed by atoms with Crippen LogP contribution in [-0.4, -0.2) is 22.9 Å². The van der Waals surface area contributed by atoms with Gasteiger partial charge in [0.15, 0.2) is 0 Å². The Kier molecular flexibility index (Phi) is 4.68. The van der Waals surface area contributed by atoms with Crippen LogP contribution in [0.15, 0.2) is 22.7 Å². The third kappa shape index (κ3) is 3.40. The molecule has 2 bridgehead atoms. The fourth-order valence-electron chi connectivity index (χ4n) is 4.10. The number of carbonyl (C=O) groups excluding carboxylic acids is 1. The molecule has 3 rings (SSSR count). The molecule has 0 aromatic heterocycles. The van der Waals surface area contributed by atoms with Crippen molar-refractivity contribution in [3.8, 4) is 0 Å². The van der Waals surface area contributed by atoms with Crippen LogP contribution < -0.4 is 11.1 Å². The van der Waals surface area contributed by atoms with Crippen LogP contribution in [0.25, 0.3) is 0 Å².